The molecule has 1 aliphatic rings. The summed E-state index contributed by atoms with van der Waals surface area (Å²) in [6, 6.07) is 21.3. The first-order valence-electron chi connectivity index (χ1n) is 11.8. The molecule has 2 aromatic heterocycles. The van der Waals surface area contributed by atoms with Crippen molar-refractivity contribution in [1.29, 1.82) is 0 Å². The lowest BCUT2D eigenvalue weighted by molar-refractivity contribution is -0.120. The number of carbonyl (C=O) groups excluding carboxylic acids is 1. The molecule has 36 heavy (non-hydrogen) atoms. The molecule has 0 saturated carbocycles. The molecule has 184 valence electrons. The SMILES string of the molecule is Nc1cccc(Nc2nccc(-c3ccc(N(Cc4cccs4)C(=O)CN4CCOCC4)cc3)n2)c1. The van der Waals surface area contributed by atoms with Crippen molar-refractivity contribution in [3.63, 3.8) is 0 Å². The van der Waals surface area contributed by atoms with Gasteiger partial charge in [-0.15, -0.1) is 11.3 Å². The van der Waals surface area contributed by atoms with Gasteiger partial charge in [0.15, 0.2) is 0 Å². The highest BCUT2D eigenvalue weighted by atomic mass is 32.1. The molecule has 0 atom stereocenters. The molecular weight excluding hydrogens is 472 g/mol. The van der Waals surface area contributed by atoms with Crippen molar-refractivity contribution >= 4 is 40.3 Å². The fourth-order valence-electron chi connectivity index (χ4n) is 4.06. The maximum Gasteiger partial charge on any atom is 0.241 e. The first-order chi connectivity index (χ1) is 17.6. The highest BCUT2D eigenvalue weighted by Gasteiger charge is 2.21. The minimum Gasteiger partial charge on any atom is -0.399 e. The van der Waals surface area contributed by atoms with Crippen molar-refractivity contribution in [3.8, 4) is 11.3 Å². The normalized spacial score (nSPS) is 13.9. The molecule has 2 aromatic carbocycles. The zero-order valence-electron chi connectivity index (χ0n) is 19.8. The predicted molar refractivity (Wildman–Crippen MR) is 144 cm³/mol. The van der Waals surface area contributed by atoms with Gasteiger partial charge in [0, 0.05) is 46.8 Å². The van der Waals surface area contributed by atoms with Crippen LogP contribution in [0.5, 0.6) is 0 Å². The van der Waals surface area contributed by atoms with E-state index in [0.29, 0.717) is 37.9 Å². The van der Waals surface area contributed by atoms with Crippen LogP contribution in [0.4, 0.5) is 23.0 Å². The minimum atomic E-state index is 0.0775. The van der Waals surface area contributed by atoms with E-state index in [1.54, 1.807) is 17.5 Å². The molecule has 3 heterocycles. The molecular formula is C27H28N6O2S. The number of rotatable bonds is 8. The van der Waals surface area contributed by atoms with E-state index in [4.69, 9.17) is 10.5 Å². The summed E-state index contributed by atoms with van der Waals surface area (Å²) in [4.78, 5) is 27.5. The number of hydrogen-bond donors (Lipinski definition) is 2. The predicted octanol–water partition coefficient (Wildman–Crippen LogP) is 4.40. The average molecular weight is 501 g/mol. The van der Waals surface area contributed by atoms with E-state index in [1.807, 2.05) is 70.9 Å². The van der Waals surface area contributed by atoms with Gasteiger partial charge in [0.25, 0.3) is 0 Å². The van der Waals surface area contributed by atoms with E-state index in [9.17, 15) is 4.79 Å². The lowest BCUT2D eigenvalue weighted by Gasteiger charge is -2.29. The van der Waals surface area contributed by atoms with E-state index in [1.165, 1.54) is 0 Å². The summed E-state index contributed by atoms with van der Waals surface area (Å²) in [5, 5.41) is 5.23. The summed E-state index contributed by atoms with van der Waals surface area (Å²) >= 11 is 1.65. The fourth-order valence-corrected chi connectivity index (χ4v) is 4.75. The number of aromatic nitrogens is 2. The number of nitrogen functional groups attached to an aromatic ring is 1. The van der Waals surface area contributed by atoms with Gasteiger partial charge in [0.2, 0.25) is 11.9 Å². The molecule has 0 unspecified atom stereocenters. The average Bonchev–Trinajstić information content (AvgIpc) is 3.42. The van der Waals surface area contributed by atoms with Gasteiger partial charge in [-0.3, -0.25) is 9.69 Å². The van der Waals surface area contributed by atoms with Gasteiger partial charge in [-0.25, -0.2) is 9.97 Å². The Morgan fingerprint density at radius 3 is 2.67 bits per heavy atom. The van der Waals surface area contributed by atoms with E-state index >= 15 is 0 Å². The lowest BCUT2D eigenvalue weighted by atomic mass is 10.1. The largest absolute Gasteiger partial charge is 0.399 e. The Kier molecular flexibility index (Phi) is 7.51. The van der Waals surface area contributed by atoms with Crippen LogP contribution in [0, 0.1) is 0 Å². The molecule has 0 bridgehead atoms. The molecule has 0 aliphatic carbocycles. The van der Waals surface area contributed by atoms with Gasteiger partial charge in [-0.2, -0.15) is 0 Å². The third-order valence-corrected chi connectivity index (χ3v) is 6.79. The topological polar surface area (TPSA) is 96.6 Å². The number of nitrogens with zero attached hydrogens (tertiary/aromatic N) is 4. The first kappa shape index (κ1) is 23.9. The number of thiophene rings is 1. The fraction of sp³-hybridized carbons (Fsp3) is 0.222. The highest BCUT2D eigenvalue weighted by molar-refractivity contribution is 7.09. The van der Waals surface area contributed by atoms with Gasteiger partial charge in [-0.1, -0.05) is 24.3 Å². The summed E-state index contributed by atoms with van der Waals surface area (Å²) in [6.07, 6.45) is 1.72. The van der Waals surface area contributed by atoms with E-state index in [2.05, 4.69) is 26.3 Å². The summed E-state index contributed by atoms with van der Waals surface area (Å²) < 4.78 is 5.43. The second-order valence-electron chi connectivity index (χ2n) is 8.51. The quantitative estimate of drug-likeness (QED) is 0.346. The van der Waals surface area contributed by atoms with Crippen molar-refractivity contribution in [2.75, 3.05) is 48.8 Å². The van der Waals surface area contributed by atoms with Gasteiger partial charge in [0.1, 0.15) is 0 Å². The van der Waals surface area contributed by atoms with Crippen LogP contribution in [0.15, 0.2) is 78.3 Å². The number of carbonyl (C=O) groups is 1. The number of morpholine rings is 1. The number of hydrogen-bond acceptors (Lipinski definition) is 8. The van der Waals surface area contributed by atoms with Crippen LogP contribution in [0.3, 0.4) is 0 Å². The molecule has 0 spiro atoms. The van der Waals surface area contributed by atoms with Crippen molar-refractivity contribution in [1.82, 2.24) is 14.9 Å². The van der Waals surface area contributed by atoms with Crippen LogP contribution in [0.25, 0.3) is 11.3 Å². The number of amides is 1. The monoisotopic (exact) mass is 500 g/mol. The molecule has 1 fully saturated rings. The Labute approximate surface area is 214 Å². The van der Waals surface area contributed by atoms with Crippen molar-refractivity contribution in [2.45, 2.75) is 6.54 Å². The third-order valence-electron chi connectivity index (χ3n) is 5.93. The van der Waals surface area contributed by atoms with Gasteiger partial charge in [0.05, 0.1) is 32.0 Å². The molecule has 9 heteroatoms. The van der Waals surface area contributed by atoms with E-state index in [0.717, 1.165) is 40.6 Å². The number of nitrogens with one attached hydrogen (secondary N) is 1. The van der Waals surface area contributed by atoms with Crippen LogP contribution in [0.1, 0.15) is 4.88 Å². The summed E-state index contributed by atoms with van der Waals surface area (Å²) in [5.41, 5.74) is 9.95. The minimum absolute atomic E-state index is 0.0775. The van der Waals surface area contributed by atoms with Crippen LogP contribution < -0.4 is 16.0 Å². The zero-order chi connectivity index (χ0) is 24.7. The molecule has 5 rings (SSSR count). The zero-order valence-corrected chi connectivity index (χ0v) is 20.7. The second-order valence-corrected chi connectivity index (χ2v) is 9.54. The maximum absolute atomic E-state index is 13.3. The Morgan fingerprint density at radius 1 is 1.08 bits per heavy atom. The summed E-state index contributed by atoms with van der Waals surface area (Å²) in [5.74, 6) is 0.566. The molecule has 1 amide bonds. The molecule has 1 saturated heterocycles. The first-order valence-corrected chi connectivity index (χ1v) is 12.7. The number of ether oxygens (including phenoxy) is 1. The second kappa shape index (κ2) is 11.3. The molecule has 1 aliphatic heterocycles. The molecule has 3 N–H and O–H groups in total. The molecule has 8 nitrogen and oxygen atoms in total. The van der Waals surface area contributed by atoms with Gasteiger partial charge >= 0.3 is 0 Å². The van der Waals surface area contributed by atoms with Crippen LogP contribution in [-0.4, -0.2) is 53.6 Å². The Bertz CT molecular complexity index is 1290. The number of anilines is 4. The summed E-state index contributed by atoms with van der Waals surface area (Å²) in [7, 11) is 0. The Hall–Kier alpha value is -3.79. The maximum atomic E-state index is 13.3. The van der Waals surface area contributed by atoms with Crippen molar-refractivity contribution in [2.24, 2.45) is 0 Å². The number of benzene rings is 2. The van der Waals surface area contributed by atoms with Crippen molar-refractivity contribution in [3.05, 3.63) is 83.2 Å². The third kappa shape index (κ3) is 6.06. The highest BCUT2D eigenvalue weighted by Crippen LogP contribution is 2.26. The molecule has 0 radical (unpaired) electrons. The van der Waals surface area contributed by atoms with Gasteiger partial charge in [-0.05, 0) is 47.8 Å². The smallest absolute Gasteiger partial charge is 0.241 e. The Balaban J connectivity index is 1.34. The Morgan fingerprint density at radius 2 is 1.92 bits per heavy atom. The van der Waals surface area contributed by atoms with Crippen LogP contribution in [-0.2, 0) is 16.1 Å². The standard InChI is InChI=1S/C27H28N6O2S/c28-21-3-1-4-22(17-21)30-27-29-11-10-25(31-27)20-6-8-23(9-7-20)33(18-24-5-2-16-36-24)26(34)19-32-12-14-35-15-13-32/h1-11,16-17H,12-15,18-19,28H2,(H,29,30,31). The van der Waals surface area contributed by atoms with E-state index in [-0.39, 0.29) is 5.91 Å². The van der Waals surface area contributed by atoms with E-state index < -0.39 is 0 Å². The lowest BCUT2D eigenvalue weighted by Crippen LogP contribution is -2.44. The van der Waals surface area contributed by atoms with Gasteiger partial charge < -0.3 is 20.7 Å². The van der Waals surface area contributed by atoms with Crippen molar-refractivity contribution < 1.29 is 9.53 Å². The summed E-state index contributed by atoms with van der Waals surface area (Å²) in [6.45, 7) is 3.80. The van der Waals surface area contributed by atoms with Crippen LogP contribution >= 0.6 is 11.3 Å². The van der Waals surface area contributed by atoms with Crippen LogP contribution in [0.2, 0.25) is 0 Å². The molecule has 4 aromatic rings. The number of nitrogens with two attached hydrogens (primary N) is 1.